The predicted molar refractivity (Wildman–Crippen MR) is 70.4 cm³/mol. The van der Waals surface area contributed by atoms with E-state index in [2.05, 4.69) is 10.2 Å². The number of nitrogens with one attached hydrogen (secondary N) is 1. The van der Waals surface area contributed by atoms with Gasteiger partial charge in [0.1, 0.15) is 5.69 Å². The molecule has 0 amide bonds. The molecule has 1 aromatic heterocycles. The van der Waals surface area contributed by atoms with E-state index >= 15 is 0 Å². The van der Waals surface area contributed by atoms with Crippen LogP contribution >= 0.6 is 0 Å². The number of fused-ring (bicyclic) bond motifs is 2. The van der Waals surface area contributed by atoms with Crippen LogP contribution in [0.5, 0.6) is 0 Å². The number of alkyl halides is 3. The molecule has 6 heteroatoms. The van der Waals surface area contributed by atoms with E-state index in [4.69, 9.17) is 0 Å². The summed E-state index contributed by atoms with van der Waals surface area (Å²) in [6.07, 6.45) is -2.56. The summed E-state index contributed by atoms with van der Waals surface area (Å²) in [4.78, 5) is 2.27. The highest BCUT2D eigenvalue weighted by atomic mass is 19.4. The molecule has 1 unspecified atom stereocenters. The average Bonchev–Trinajstić information content (AvgIpc) is 2.82. The molecule has 0 bridgehead atoms. The van der Waals surface area contributed by atoms with E-state index in [1.54, 1.807) is 6.07 Å². The number of hydrogen-bond acceptors (Lipinski definition) is 2. The molecule has 1 fully saturated rings. The molecule has 1 atom stereocenters. The molecule has 1 N–H and O–H groups in total. The highest BCUT2D eigenvalue weighted by molar-refractivity contribution is 5.29. The summed E-state index contributed by atoms with van der Waals surface area (Å²) < 4.78 is 40.9. The minimum absolute atomic E-state index is 0.106. The largest absolute Gasteiger partial charge is 0.431 e. The van der Waals surface area contributed by atoms with Crippen molar-refractivity contribution in [3.05, 3.63) is 23.5 Å². The van der Waals surface area contributed by atoms with E-state index in [0.717, 1.165) is 31.6 Å². The Morgan fingerprint density at radius 3 is 2.50 bits per heavy atom. The minimum atomic E-state index is -4.28. The van der Waals surface area contributed by atoms with Gasteiger partial charge in [-0.05, 0) is 52.0 Å². The van der Waals surface area contributed by atoms with Gasteiger partial charge in [-0.15, -0.1) is 0 Å². The smallest absolute Gasteiger partial charge is 0.338 e. The Labute approximate surface area is 116 Å². The first-order valence-corrected chi connectivity index (χ1v) is 7.07. The number of rotatable bonds is 0. The third kappa shape index (κ3) is 1.89. The summed E-state index contributed by atoms with van der Waals surface area (Å²) in [6, 6.07) is 3.02. The molecule has 0 radical (unpaired) electrons. The Morgan fingerprint density at radius 1 is 1.25 bits per heavy atom. The zero-order valence-electron chi connectivity index (χ0n) is 11.8. The monoisotopic (exact) mass is 287 g/mol. The summed E-state index contributed by atoms with van der Waals surface area (Å²) in [5.74, 6) is 0. The molecule has 0 aromatic carbocycles. The van der Waals surface area contributed by atoms with Gasteiger partial charge in [-0.3, -0.25) is 4.90 Å². The van der Waals surface area contributed by atoms with Crippen molar-refractivity contribution in [2.45, 2.75) is 44.1 Å². The first-order chi connectivity index (χ1) is 9.36. The Kier molecular flexibility index (Phi) is 3.14. The van der Waals surface area contributed by atoms with E-state index in [0.29, 0.717) is 6.54 Å². The quantitative estimate of drug-likeness (QED) is 0.791. The van der Waals surface area contributed by atoms with E-state index in [9.17, 15) is 13.2 Å². The Bertz CT molecular complexity index is 500. The molecule has 3 heterocycles. The van der Waals surface area contributed by atoms with Gasteiger partial charge in [-0.2, -0.15) is 13.2 Å². The molecule has 2 aliphatic rings. The van der Waals surface area contributed by atoms with Crippen LogP contribution in [0.1, 0.15) is 31.2 Å². The van der Waals surface area contributed by atoms with Crippen LogP contribution in [0.25, 0.3) is 0 Å². The van der Waals surface area contributed by atoms with Crippen LogP contribution in [0.4, 0.5) is 13.2 Å². The van der Waals surface area contributed by atoms with Gasteiger partial charge in [0.2, 0.25) is 0 Å². The highest BCUT2D eigenvalue weighted by Crippen LogP contribution is 2.44. The Balaban J connectivity index is 2.13. The van der Waals surface area contributed by atoms with Gasteiger partial charge < -0.3 is 9.88 Å². The number of piperidine rings is 1. The number of hydrogen-bond donors (Lipinski definition) is 1. The molecule has 20 heavy (non-hydrogen) atoms. The van der Waals surface area contributed by atoms with E-state index in [1.807, 2.05) is 14.0 Å². The molecule has 3 nitrogen and oxygen atoms in total. The number of aromatic nitrogens is 1. The van der Waals surface area contributed by atoms with E-state index in [-0.39, 0.29) is 11.6 Å². The zero-order valence-corrected chi connectivity index (χ0v) is 11.8. The molecule has 1 spiro atoms. The Hall–Kier alpha value is -1.01. The van der Waals surface area contributed by atoms with Gasteiger partial charge >= 0.3 is 6.18 Å². The third-order valence-corrected chi connectivity index (χ3v) is 4.96. The highest BCUT2D eigenvalue weighted by Gasteiger charge is 2.47. The van der Waals surface area contributed by atoms with E-state index in [1.165, 1.54) is 10.6 Å². The number of halogens is 3. The summed E-state index contributed by atoms with van der Waals surface area (Å²) in [5, 5.41) is 3.30. The van der Waals surface area contributed by atoms with Gasteiger partial charge in [0.25, 0.3) is 0 Å². The number of likely N-dealkylation sites (N-methyl/N-ethyl adjacent to an activating group) is 1. The lowest BCUT2D eigenvalue weighted by Crippen LogP contribution is -2.58. The normalized spacial score (nSPS) is 26.8. The average molecular weight is 287 g/mol. The first kappa shape index (κ1) is 13.9. The second-order valence-corrected chi connectivity index (χ2v) is 5.95. The maximum Gasteiger partial charge on any atom is 0.431 e. The Morgan fingerprint density at radius 2 is 1.90 bits per heavy atom. The van der Waals surface area contributed by atoms with E-state index < -0.39 is 11.9 Å². The molecule has 1 saturated heterocycles. The van der Waals surface area contributed by atoms with Crippen molar-refractivity contribution in [2.75, 3.05) is 20.1 Å². The predicted octanol–water partition coefficient (Wildman–Crippen LogP) is 2.42. The van der Waals surface area contributed by atoms with Gasteiger partial charge in [0.05, 0.1) is 5.54 Å². The van der Waals surface area contributed by atoms with Crippen LogP contribution in [-0.4, -0.2) is 35.6 Å². The second kappa shape index (κ2) is 4.49. The van der Waals surface area contributed by atoms with Crippen molar-refractivity contribution in [3.63, 3.8) is 0 Å². The van der Waals surface area contributed by atoms with Crippen molar-refractivity contribution in [1.82, 2.24) is 14.8 Å². The summed E-state index contributed by atoms with van der Waals surface area (Å²) in [7, 11) is 2.04. The van der Waals surface area contributed by atoms with Crippen LogP contribution in [0.2, 0.25) is 0 Å². The van der Waals surface area contributed by atoms with Gasteiger partial charge in [0.15, 0.2) is 0 Å². The number of nitrogens with zero attached hydrogens (tertiary/aromatic N) is 2. The summed E-state index contributed by atoms with van der Waals surface area (Å²) >= 11 is 0. The van der Waals surface area contributed by atoms with Crippen molar-refractivity contribution in [1.29, 1.82) is 0 Å². The van der Waals surface area contributed by atoms with Crippen molar-refractivity contribution >= 4 is 0 Å². The molecule has 112 valence electrons. The van der Waals surface area contributed by atoms with Crippen LogP contribution in [0.3, 0.4) is 0 Å². The lowest BCUT2D eigenvalue weighted by Gasteiger charge is -2.51. The van der Waals surface area contributed by atoms with Gasteiger partial charge in [-0.25, -0.2) is 0 Å². The third-order valence-electron chi connectivity index (χ3n) is 4.96. The molecule has 3 rings (SSSR count). The molecule has 1 aromatic rings. The summed E-state index contributed by atoms with van der Waals surface area (Å²) in [6.45, 7) is 4.11. The second-order valence-electron chi connectivity index (χ2n) is 5.95. The fourth-order valence-electron chi connectivity index (χ4n) is 3.76. The minimum Gasteiger partial charge on any atom is -0.338 e. The van der Waals surface area contributed by atoms with Gasteiger partial charge in [-0.1, -0.05) is 0 Å². The van der Waals surface area contributed by atoms with Crippen LogP contribution in [-0.2, 0) is 18.3 Å². The van der Waals surface area contributed by atoms with Crippen molar-refractivity contribution in [3.8, 4) is 0 Å². The topological polar surface area (TPSA) is 20.2 Å². The maximum absolute atomic E-state index is 13.1. The van der Waals surface area contributed by atoms with Crippen molar-refractivity contribution in [2.24, 2.45) is 0 Å². The molecule has 2 aliphatic heterocycles. The lowest BCUT2D eigenvalue weighted by molar-refractivity contribution is -0.145. The maximum atomic E-state index is 13.1. The molecule has 0 saturated carbocycles. The van der Waals surface area contributed by atoms with Crippen LogP contribution in [0.15, 0.2) is 12.1 Å². The fourth-order valence-corrected chi connectivity index (χ4v) is 3.76. The van der Waals surface area contributed by atoms with Gasteiger partial charge in [0, 0.05) is 18.3 Å². The summed E-state index contributed by atoms with van der Waals surface area (Å²) in [5.41, 5.74) is 0.0594. The van der Waals surface area contributed by atoms with Crippen molar-refractivity contribution < 1.29 is 13.2 Å². The molecule has 0 aliphatic carbocycles. The fraction of sp³-hybridized carbons (Fsp3) is 0.714. The molecular weight excluding hydrogens is 267 g/mol. The van der Waals surface area contributed by atoms with Crippen LogP contribution in [0, 0.1) is 0 Å². The SMILES string of the molecule is CC1Cn2c(C(F)(F)F)ccc2C2(CCNCC2)N1C. The molecular formula is C14H20F3N3. The zero-order chi connectivity index (χ0) is 14.5. The lowest BCUT2D eigenvalue weighted by atomic mass is 9.81. The standard InChI is InChI=1S/C14H20F3N3/c1-10-9-20-11(3-4-12(20)14(15,16)17)13(19(10)2)5-7-18-8-6-13/h3-4,10,18H,5-9H2,1-2H3. The first-order valence-electron chi connectivity index (χ1n) is 7.07. The van der Waals surface area contributed by atoms with Crippen LogP contribution < -0.4 is 5.32 Å².